The molecule has 5 heteroatoms. The third-order valence-electron chi connectivity index (χ3n) is 1.67. The summed E-state index contributed by atoms with van der Waals surface area (Å²) < 4.78 is 21.1. The van der Waals surface area contributed by atoms with Crippen molar-refractivity contribution >= 4 is 31.5 Å². The molecular weight excluding hydrogens is 216 g/mol. The monoisotopic (exact) mass is 226 g/mol. The van der Waals surface area contributed by atoms with Gasteiger partial charge in [-0.2, -0.15) is 11.8 Å². The molecule has 0 amide bonds. The second-order valence-corrected chi connectivity index (χ2v) is 6.57. The predicted molar refractivity (Wildman–Crippen MR) is 54.0 cm³/mol. The number of rotatable bonds is 2. The summed E-state index contributed by atoms with van der Waals surface area (Å²) in [5.74, 6) is 1.12. The molecule has 1 unspecified atom stereocenters. The SMILES string of the molecule is O=S(=O)(Cl)/C=C\C1CCCCS1. The van der Waals surface area contributed by atoms with E-state index in [9.17, 15) is 8.42 Å². The maximum absolute atomic E-state index is 10.5. The molecule has 1 saturated heterocycles. The molecule has 1 atom stereocenters. The first-order valence-electron chi connectivity index (χ1n) is 3.82. The van der Waals surface area contributed by atoms with Gasteiger partial charge >= 0.3 is 0 Å². The summed E-state index contributed by atoms with van der Waals surface area (Å²) >= 11 is 1.79. The fraction of sp³-hybridized carbons (Fsp3) is 0.714. The third-order valence-corrected chi connectivity index (χ3v) is 3.81. The first-order valence-corrected chi connectivity index (χ1v) is 7.24. The molecule has 0 saturated carbocycles. The second-order valence-electron chi connectivity index (χ2n) is 2.71. The van der Waals surface area contributed by atoms with Gasteiger partial charge in [0.15, 0.2) is 0 Å². The van der Waals surface area contributed by atoms with Crippen molar-refractivity contribution < 1.29 is 8.42 Å². The van der Waals surface area contributed by atoms with Crippen LogP contribution >= 0.6 is 22.4 Å². The molecule has 1 rings (SSSR count). The highest BCUT2D eigenvalue weighted by atomic mass is 35.7. The van der Waals surface area contributed by atoms with Crippen LogP contribution in [0.2, 0.25) is 0 Å². The normalized spacial score (nSPS) is 26.2. The molecule has 0 radical (unpaired) electrons. The maximum atomic E-state index is 10.5. The summed E-state index contributed by atoms with van der Waals surface area (Å²) in [6.07, 6.45) is 5.17. The van der Waals surface area contributed by atoms with Crippen molar-refractivity contribution in [1.82, 2.24) is 0 Å². The Hall–Kier alpha value is 0.330. The van der Waals surface area contributed by atoms with E-state index in [1.807, 2.05) is 0 Å². The zero-order valence-corrected chi connectivity index (χ0v) is 8.96. The smallest absolute Gasteiger partial charge is 0.208 e. The van der Waals surface area contributed by atoms with E-state index in [0.29, 0.717) is 5.25 Å². The van der Waals surface area contributed by atoms with Crippen molar-refractivity contribution in [3.8, 4) is 0 Å². The number of thioether (sulfide) groups is 1. The van der Waals surface area contributed by atoms with Crippen molar-refractivity contribution in [2.45, 2.75) is 24.5 Å². The van der Waals surface area contributed by atoms with E-state index in [0.717, 1.165) is 17.6 Å². The van der Waals surface area contributed by atoms with E-state index >= 15 is 0 Å². The van der Waals surface area contributed by atoms with Crippen LogP contribution in [0.3, 0.4) is 0 Å². The molecule has 0 spiro atoms. The molecule has 0 bridgehead atoms. The number of hydrogen-bond acceptors (Lipinski definition) is 3. The topological polar surface area (TPSA) is 34.1 Å². The van der Waals surface area contributed by atoms with Gasteiger partial charge in [0.05, 0.1) is 0 Å². The van der Waals surface area contributed by atoms with Crippen molar-refractivity contribution in [1.29, 1.82) is 0 Å². The highest BCUT2D eigenvalue weighted by molar-refractivity contribution is 8.16. The third kappa shape index (κ3) is 4.38. The highest BCUT2D eigenvalue weighted by Crippen LogP contribution is 2.26. The molecule has 1 aliphatic heterocycles. The Labute approximate surface area is 81.8 Å². The molecule has 0 aromatic carbocycles. The van der Waals surface area contributed by atoms with Gasteiger partial charge in [-0.05, 0) is 18.6 Å². The molecular formula is C7H11ClO2S2. The molecule has 1 heterocycles. The Kier molecular flexibility index (Phi) is 3.93. The second kappa shape index (κ2) is 4.53. The van der Waals surface area contributed by atoms with Crippen molar-refractivity contribution in [2.24, 2.45) is 0 Å². The van der Waals surface area contributed by atoms with Crippen LogP contribution in [0.1, 0.15) is 19.3 Å². The van der Waals surface area contributed by atoms with E-state index in [4.69, 9.17) is 10.7 Å². The quantitative estimate of drug-likeness (QED) is 0.678. The summed E-state index contributed by atoms with van der Waals surface area (Å²) in [5, 5.41) is 1.43. The number of hydrogen-bond donors (Lipinski definition) is 0. The summed E-state index contributed by atoms with van der Waals surface area (Å²) in [6.45, 7) is 0. The molecule has 0 aromatic rings. The van der Waals surface area contributed by atoms with Gasteiger partial charge in [0.2, 0.25) is 0 Å². The van der Waals surface area contributed by atoms with E-state index in [1.54, 1.807) is 17.8 Å². The lowest BCUT2D eigenvalue weighted by Crippen LogP contribution is -2.06. The highest BCUT2D eigenvalue weighted by Gasteiger charge is 2.11. The van der Waals surface area contributed by atoms with Gasteiger partial charge in [0.25, 0.3) is 9.05 Å². The van der Waals surface area contributed by atoms with Crippen LogP contribution < -0.4 is 0 Å². The predicted octanol–water partition coefficient (Wildman–Crippen LogP) is 2.35. The van der Waals surface area contributed by atoms with E-state index in [2.05, 4.69) is 0 Å². The van der Waals surface area contributed by atoms with Crippen molar-refractivity contribution in [3.05, 3.63) is 11.5 Å². The van der Waals surface area contributed by atoms with Gasteiger partial charge < -0.3 is 0 Å². The zero-order chi connectivity index (χ0) is 9.03. The van der Waals surface area contributed by atoms with Gasteiger partial charge in [-0.15, -0.1) is 0 Å². The Morgan fingerprint density at radius 1 is 1.42 bits per heavy atom. The van der Waals surface area contributed by atoms with E-state index in [1.165, 1.54) is 12.8 Å². The Morgan fingerprint density at radius 2 is 2.17 bits per heavy atom. The van der Waals surface area contributed by atoms with E-state index in [-0.39, 0.29) is 0 Å². The standard InChI is InChI=1S/C7H11ClO2S2/c8-12(9,10)6-4-7-3-1-2-5-11-7/h4,6-7H,1-3,5H2/b6-4-. The van der Waals surface area contributed by atoms with E-state index < -0.39 is 9.05 Å². The molecule has 12 heavy (non-hydrogen) atoms. The first kappa shape index (κ1) is 10.4. The Bertz CT molecular complexity index is 253. The van der Waals surface area contributed by atoms with Gasteiger partial charge in [-0.1, -0.05) is 12.5 Å². The average molecular weight is 227 g/mol. The number of halogens is 1. The van der Waals surface area contributed by atoms with Crippen LogP contribution in [0.25, 0.3) is 0 Å². The first-order chi connectivity index (χ1) is 5.58. The van der Waals surface area contributed by atoms with Crippen molar-refractivity contribution in [3.63, 3.8) is 0 Å². The minimum absolute atomic E-state index is 0.340. The lowest BCUT2D eigenvalue weighted by atomic mass is 10.2. The molecule has 1 aliphatic rings. The summed E-state index contributed by atoms with van der Waals surface area (Å²) in [7, 11) is 1.58. The molecule has 0 aromatic heterocycles. The fourth-order valence-electron chi connectivity index (χ4n) is 1.10. The van der Waals surface area contributed by atoms with Crippen LogP contribution in [0, 0.1) is 0 Å². The summed E-state index contributed by atoms with van der Waals surface area (Å²) in [4.78, 5) is 0. The molecule has 1 fully saturated rings. The van der Waals surface area contributed by atoms with Crippen LogP contribution in [0.15, 0.2) is 11.5 Å². The Balaban J connectivity index is 2.44. The molecule has 0 aliphatic carbocycles. The zero-order valence-electron chi connectivity index (χ0n) is 6.57. The average Bonchev–Trinajstić information content (AvgIpc) is 2.02. The van der Waals surface area contributed by atoms with Gasteiger partial charge in [-0.3, -0.25) is 0 Å². The fourth-order valence-corrected chi connectivity index (χ4v) is 2.95. The van der Waals surface area contributed by atoms with Gasteiger partial charge in [0.1, 0.15) is 0 Å². The lowest BCUT2D eigenvalue weighted by Gasteiger charge is -2.16. The van der Waals surface area contributed by atoms with Crippen LogP contribution in [0.5, 0.6) is 0 Å². The van der Waals surface area contributed by atoms with Crippen LogP contribution in [-0.2, 0) is 9.05 Å². The molecule has 2 nitrogen and oxygen atoms in total. The largest absolute Gasteiger partial charge is 0.254 e. The summed E-state index contributed by atoms with van der Waals surface area (Å²) in [5.41, 5.74) is 0. The van der Waals surface area contributed by atoms with Crippen LogP contribution in [-0.4, -0.2) is 19.4 Å². The molecule has 0 N–H and O–H groups in total. The van der Waals surface area contributed by atoms with Gasteiger partial charge in [0, 0.05) is 21.3 Å². The maximum Gasteiger partial charge on any atom is 0.254 e. The Morgan fingerprint density at radius 3 is 2.67 bits per heavy atom. The summed E-state index contributed by atoms with van der Waals surface area (Å²) in [6, 6.07) is 0. The van der Waals surface area contributed by atoms with Crippen LogP contribution in [0.4, 0.5) is 0 Å². The van der Waals surface area contributed by atoms with Gasteiger partial charge in [-0.25, -0.2) is 8.42 Å². The lowest BCUT2D eigenvalue weighted by molar-refractivity contribution is 0.617. The van der Waals surface area contributed by atoms with Crippen molar-refractivity contribution in [2.75, 3.05) is 5.75 Å². The minimum atomic E-state index is -3.45. The minimum Gasteiger partial charge on any atom is -0.208 e. The molecule has 70 valence electrons.